The van der Waals surface area contributed by atoms with E-state index in [4.69, 9.17) is 9.15 Å². The van der Waals surface area contributed by atoms with E-state index in [1.807, 2.05) is 26.0 Å². The van der Waals surface area contributed by atoms with Crippen molar-refractivity contribution < 1.29 is 22.4 Å². The Morgan fingerprint density at radius 2 is 1.97 bits per heavy atom. The molecule has 2 unspecified atom stereocenters. The molecule has 1 N–H and O–H groups in total. The van der Waals surface area contributed by atoms with Gasteiger partial charge in [-0.25, -0.2) is 8.42 Å². The van der Waals surface area contributed by atoms with Crippen molar-refractivity contribution in [2.24, 2.45) is 0 Å². The zero-order chi connectivity index (χ0) is 20.9. The molecule has 29 heavy (non-hydrogen) atoms. The van der Waals surface area contributed by atoms with Crippen LogP contribution in [0.2, 0.25) is 0 Å². The molecule has 3 rings (SSSR count). The predicted octanol–water partition coefficient (Wildman–Crippen LogP) is 2.74. The van der Waals surface area contributed by atoms with Gasteiger partial charge in [0.25, 0.3) is 5.91 Å². The van der Waals surface area contributed by atoms with Gasteiger partial charge in [-0.1, -0.05) is 6.07 Å². The first-order valence-electron chi connectivity index (χ1n) is 9.50. The number of amides is 1. The molecular formula is C20H26N2O5S2. The minimum Gasteiger partial charge on any atom is -0.468 e. The normalized spacial score (nSPS) is 20.5. The van der Waals surface area contributed by atoms with E-state index in [1.165, 1.54) is 16.4 Å². The van der Waals surface area contributed by atoms with Gasteiger partial charge in [0.05, 0.1) is 29.1 Å². The number of furan rings is 1. The van der Waals surface area contributed by atoms with E-state index in [2.05, 4.69) is 5.32 Å². The summed E-state index contributed by atoms with van der Waals surface area (Å²) in [5.41, 5.74) is 0.330. The summed E-state index contributed by atoms with van der Waals surface area (Å²) in [6, 6.07) is 9.93. The highest BCUT2D eigenvalue weighted by atomic mass is 32.2. The maximum Gasteiger partial charge on any atom is 0.251 e. The lowest BCUT2D eigenvalue weighted by Gasteiger charge is -2.34. The average Bonchev–Trinajstić information content (AvgIpc) is 3.20. The lowest BCUT2D eigenvalue weighted by Crippen LogP contribution is -2.48. The number of hydrogen-bond donors (Lipinski definition) is 1. The van der Waals surface area contributed by atoms with Crippen LogP contribution in [0.5, 0.6) is 0 Å². The first-order chi connectivity index (χ1) is 13.9. The third kappa shape index (κ3) is 5.85. The summed E-state index contributed by atoms with van der Waals surface area (Å²) in [6.45, 7) is 4.80. The molecule has 1 saturated heterocycles. The molecule has 158 valence electrons. The molecule has 1 amide bonds. The fourth-order valence-electron chi connectivity index (χ4n) is 3.18. The van der Waals surface area contributed by atoms with Crippen LogP contribution in [0.4, 0.5) is 0 Å². The van der Waals surface area contributed by atoms with Gasteiger partial charge in [0.15, 0.2) is 0 Å². The molecule has 0 aliphatic carbocycles. The zero-order valence-electron chi connectivity index (χ0n) is 16.5. The molecule has 1 aliphatic heterocycles. The molecule has 0 radical (unpaired) electrons. The number of benzene rings is 1. The molecule has 2 aromatic rings. The number of carbonyl (C=O) groups excluding carboxylic acids is 1. The molecule has 0 spiro atoms. The third-order valence-corrected chi connectivity index (χ3v) is 7.29. The van der Waals surface area contributed by atoms with Gasteiger partial charge in [0.1, 0.15) is 5.76 Å². The number of carbonyl (C=O) groups is 1. The molecular weight excluding hydrogens is 412 g/mol. The van der Waals surface area contributed by atoms with Gasteiger partial charge in [0.2, 0.25) is 10.0 Å². The Morgan fingerprint density at radius 3 is 2.66 bits per heavy atom. The van der Waals surface area contributed by atoms with E-state index < -0.39 is 10.0 Å². The molecule has 1 fully saturated rings. The van der Waals surface area contributed by atoms with Crippen LogP contribution in [-0.4, -0.2) is 56.2 Å². The molecule has 0 bridgehead atoms. The zero-order valence-corrected chi connectivity index (χ0v) is 18.2. The summed E-state index contributed by atoms with van der Waals surface area (Å²) in [5.74, 6) is 2.08. The van der Waals surface area contributed by atoms with E-state index >= 15 is 0 Å². The SMILES string of the molecule is CC1CN(S(=O)(=O)c2cccc(C(=O)NCCSCc3ccco3)c2)CC(C)O1. The van der Waals surface area contributed by atoms with Crippen molar-refractivity contribution >= 4 is 27.7 Å². The van der Waals surface area contributed by atoms with E-state index in [9.17, 15) is 13.2 Å². The van der Waals surface area contributed by atoms with Crippen molar-refractivity contribution in [2.75, 3.05) is 25.4 Å². The first-order valence-corrected chi connectivity index (χ1v) is 12.1. The highest BCUT2D eigenvalue weighted by molar-refractivity contribution is 7.98. The molecule has 7 nitrogen and oxygen atoms in total. The first kappa shape index (κ1) is 21.9. The Bertz CT molecular complexity index is 905. The van der Waals surface area contributed by atoms with Gasteiger partial charge in [-0.15, -0.1) is 0 Å². The van der Waals surface area contributed by atoms with Gasteiger partial charge in [-0.05, 0) is 44.2 Å². The maximum absolute atomic E-state index is 13.0. The number of hydrogen-bond acceptors (Lipinski definition) is 6. The number of morpholine rings is 1. The second-order valence-electron chi connectivity index (χ2n) is 7.00. The van der Waals surface area contributed by atoms with E-state index in [1.54, 1.807) is 30.2 Å². The van der Waals surface area contributed by atoms with Crippen molar-refractivity contribution in [1.29, 1.82) is 0 Å². The van der Waals surface area contributed by atoms with E-state index in [0.717, 1.165) is 17.3 Å². The van der Waals surface area contributed by atoms with Gasteiger partial charge >= 0.3 is 0 Å². The molecule has 1 aliphatic rings. The van der Waals surface area contributed by atoms with E-state index in [0.29, 0.717) is 25.2 Å². The fourth-order valence-corrected chi connectivity index (χ4v) is 5.57. The fraction of sp³-hybridized carbons (Fsp3) is 0.450. The number of thioether (sulfide) groups is 1. The van der Waals surface area contributed by atoms with Crippen LogP contribution in [-0.2, 0) is 20.5 Å². The van der Waals surface area contributed by atoms with E-state index in [-0.39, 0.29) is 23.0 Å². The monoisotopic (exact) mass is 438 g/mol. The largest absolute Gasteiger partial charge is 0.468 e. The van der Waals surface area contributed by atoms with Crippen LogP contribution >= 0.6 is 11.8 Å². The highest BCUT2D eigenvalue weighted by Crippen LogP contribution is 2.22. The molecule has 9 heteroatoms. The van der Waals surface area contributed by atoms with Crippen LogP contribution in [0.25, 0.3) is 0 Å². The lowest BCUT2D eigenvalue weighted by molar-refractivity contribution is -0.0440. The molecule has 1 aromatic carbocycles. The Kier molecular flexibility index (Phi) is 7.39. The van der Waals surface area contributed by atoms with Gasteiger partial charge in [-0.3, -0.25) is 4.79 Å². The molecule has 1 aromatic heterocycles. The Morgan fingerprint density at radius 1 is 1.21 bits per heavy atom. The Balaban J connectivity index is 1.57. The van der Waals surface area contributed by atoms with Gasteiger partial charge in [0, 0.05) is 31.0 Å². The van der Waals surface area contributed by atoms with Crippen molar-refractivity contribution in [3.8, 4) is 0 Å². The summed E-state index contributed by atoms with van der Waals surface area (Å²) in [5, 5.41) is 2.83. The van der Waals surface area contributed by atoms with Crippen LogP contribution in [0.15, 0.2) is 52.0 Å². The minimum absolute atomic E-state index is 0.124. The summed E-state index contributed by atoms with van der Waals surface area (Å²) < 4.78 is 38.3. The second-order valence-corrected chi connectivity index (χ2v) is 10.0. The highest BCUT2D eigenvalue weighted by Gasteiger charge is 2.32. The molecule has 2 heterocycles. The lowest BCUT2D eigenvalue weighted by atomic mass is 10.2. The standard InChI is InChI=1S/C20H26N2O5S2/c1-15-12-22(13-16(2)27-15)29(24,25)19-7-3-5-17(11-19)20(23)21-8-10-28-14-18-6-4-9-26-18/h3-7,9,11,15-16H,8,10,12-14H2,1-2H3,(H,21,23). The quantitative estimate of drug-likeness (QED) is 0.638. The third-order valence-electron chi connectivity index (χ3n) is 4.48. The predicted molar refractivity (Wildman–Crippen MR) is 112 cm³/mol. The number of sulfonamides is 1. The Labute approximate surface area is 175 Å². The smallest absolute Gasteiger partial charge is 0.251 e. The van der Waals surface area contributed by atoms with Crippen molar-refractivity contribution in [1.82, 2.24) is 9.62 Å². The average molecular weight is 439 g/mol. The Hall–Kier alpha value is -1.81. The summed E-state index contributed by atoms with van der Waals surface area (Å²) in [7, 11) is -3.68. The number of rotatable bonds is 8. The van der Waals surface area contributed by atoms with Crippen LogP contribution in [0.1, 0.15) is 30.0 Å². The summed E-state index contributed by atoms with van der Waals surface area (Å²) >= 11 is 1.65. The van der Waals surface area contributed by atoms with Crippen LogP contribution < -0.4 is 5.32 Å². The molecule has 2 atom stereocenters. The number of ether oxygens (including phenoxy) is 1. The van der Waals surface area contributed by atoms with Crippen LogP contribution in [0, 0.1) is 0 Å². The van der Waals surface area contributed by atoms with Crippen molar-refractivity contribution in [2.45, 2.75) is 36.7 Å². The number of nitrogens with zero attached hydrogens (tertiary/aromatic N) is 1. The maximum atomic E-state index is 13.0. The summed E-state index contributed by atoms with van der Waals surface area (Å²) in [6.07, 6.45) is 1.30. The molecule has 0 saturated carbocycles. The van der Waals surface area contributed by atoms with Crippen LogP contribution in [0.3, 0.4) is 0 Å². The second kappa shape index (κ2) is 9.80. The van der Waals surface area contributed by atoms with Gasteiger partial charge < -0.3 is 14.5 Å². The van der Waals surface area contributed by atoms with Crippen molar-refractivity contribution in [3.05, 3.63) is 54.0 Å². The topological polar surface area (TPSA) is 88.9 Å². The number of nitrogens with one attached hydrogen (secondary N) is 1. The van der Waals surface area contributed by atoms with Gasteiger partial charge in [-0.2, -0.15) is 16.1 Å². The van der Waals surface area contributed by atoms with Crippen molar-refractivity contribution in [3.63, 3.8) is 0 Å². The summed E-state index contributed by atoms with van der Waals surface area (Å²) in [4.78, 5) is 12.6. The minimum atomic E-state index is -3.68.